The normalized spacial score (nSPS) is 35.1. The van der Waals surface area contributed by atoms with E-state index in [4.69, 9.17) is 4.74 Å². The summed E-state index contributed by atoms with van der Waals surface area (Å²) in [7, 11) is 1.78. The predicted molar refractivity (Wildman–Crippen MR) is 119 cm³/mol. The number of piperidine rings is 1. The van der Waals surface area contributed by atoms with Crippen LogP contribution >= 0.6 is 0 Å². The smallest absolute Gasteiger partial charge is 0.142 e. The number of hydrogen-bond acceptors (Lipinski definition) is 4. The maximum absolute atomic E-state index is 11.3. The number of anilines is 1. The van der Waals surface area contributed by atoms with Crippen molar-refractivity contribution in [1.82, 2.24) is 4.90 Å². The maximum Gasteiger partial charge on any atom is 0.142 e. The molecule has 30 heavy (non-hydrogen) atoms. The number of benzene rings is 2. The molecule has 1 unspecified atom stereocenters. The summed E-state index contributed by atoms with van der Waals surface area (Å²) < 4.78 is 5.73. The second-order valence-electron chi connectivity index (χ2n) is 9.94. The van der Waals surface area contributed by atoms with E-state index in [1.165, 1.54) is 56.4 Å². The van der Waals surface area contributed by atoms with E-state index in [0.717, 1.165) is 17.7 Å². The van der Waals surface area contributed by atoms with Crippen molar-refractivity contribution in [3.63, 3.8) is 0 Å². The standard InChI is InChI=1S/C26H32N2O2/c1-30-21-10-5-9-19-23(21)27-22-11-13-25(17-20(29)18-7-3-2-4-8-18)12-6-15-28-16-14-26(19,22)24(25)28/h2-5,7-10,20,22,24,27,29H,6,11-17H2,1H3/t20?,22-,24-,25-,26-/m1/s1. The summed E-state index contributed by atoms with van der Waals surface area (Å²) in [5.74, 6) is 0.973. The summed E-state index contributed by atoms with van der Waals surface area (Å²) in [5.41, 5.74) is 4.05. The Morgan fingerprint density at radius 3 is 2.80 bits per heavy atom. The van der Waals surface area contributed by atoms with Crippen LogP contribution in [0.4, 0.5) is 5.69 Å². The first-order valence-electron chi connectivity index (χ1n) is 11.6. The van der Waals surface area contributed by atoms with Gasteiger partial charge in [0.25, 0.3) is 0 Å². The zero-order valence-electron chi connectivity index (χ0n) is 17.8. The molecule has 2 aromatic carbocycles. The number of para-hydroxylation sites is 1. The van der Waals surface area contributed by atoms with Crippen molar-refractivity contribution in [3.8, 4) is 5.75 Å². The van der Waals surface area contributed by atoms with Crippen molar-refractivity contribution in [1.29, 1.82) is 0 Å². The van der Waals surface area contributed by atoms with Gasteiger partial charge in [-0.1, -0.05) is 42.5 Å². The Kier molecular flexibility index (Phi) is 4.20. The molecule has 1 saturated carbocycles. The summed E-state index contributed by atoms with van der Waals surface area (Å²) in [6, 6.07) is 17.8. The number of aliphatic hydroxyl groups is 1. The third-order valence-corrected chi connectivity index (χ3v) is 8.77. The van der Waals surface area contributed by atoms with Crippen LogP contribution in [-0.2, 0) is 5.41 Å². The zero-order valence-corrected chi connectivity index (χ0v) is 17.8. The van der Waals surface area contributed by atoms with E-state index in [1.807, 2.05) is 18.2 Å². The minimum atomic E-state index is -0.389. The van der Waals surface area contributed by atoms with E-state index in [1.54, 1.807) is 7.11 Å². The molecule has 3 aliphatic heterocycles. The van der Waals surface area contributed by atoms with Gasteiger partial charge in [0, 0.05) is 17.5 Å². The van der Waals surface area contributed by atoms with Gasteiger partial charge in [0.05, 0.1) is 18.9 Å². The number of hydrogen-bond donors (Lipinski definition) is 2. The van der Waals surface area contributed by atoms with Gasteiger partial charge in [0.2, 0.25) is 0 Å². The van der Waals surface area contributed by atoms with Crippen LogP contribution < -0.4 is 10.1 Å². The number of nitrogens with zero attached hydrogens (tertiary/aromatic N) is 1. The fraction of sp³-hybridized carbons (Fsp3) is 0.538. The summed E-state index contributed by atoms with van der Waals surface area (Å²) >= 11 is 0. The summed E-state index contributed by atoms with van der Waals surface area (Å²) in [6.07, 6.45) is 6.52. The second kappa shape index (κ2) is 6.73. The Hall–Kier alpha value is -2.04. The van der Waals surface area contributed by atoms with Gasteiger partial charge >= 0.3 is 0 Å². The molecule has 2 aromatic rings. The van der Waals surface area contributed by atoms with Crippen LogP contribution in [0.5, 0.6) is 5.75 Å². The average Bonchev–Trinajstić information content (AvgIpc) is 3.34. The third kappa shape index (κ3) is 2.41. The molecule has 2 saturated heterocycles. The molecule has 3 heterocycles. The molecule has 1 aliphatic carbocycles. The molecule has 0 amide bonds. The molecule has 158 valence electrons. The monoisotopic (exact) mass is 404 g/mol. The number of rotatable bonds is 4. The summed E-state index contributed by atoms with van der Waals surface area (Å²) in [6.45, 7) is 2.37. The van der Waals surface area contributed by atoms with Crippen LogP contribution in [0.1, 0.15) is 55.8 Å². The summed E-state index contributed by atoms with van der Waals surface area (Å²) in [4.78, 5) is 2.77. The van der Waals surface area contributed by atoms with Crippen molar-refractivity contribution in [2.24, 2.45) is 5.41 Å². The maximum atomic E-state index is 11.3. The molecule has 4 heteroatoms. The highest BCUT2D eigenvalue weighted by molar-refractivity contribution is 5.71. The Morgan fingerprint density at radius 2 is 1.97 bits per heavy atom. The van der Waals surface area contributed by atoms with E-state index in [2.05, 4.69) is 40.5 Å². The van der Waals surface area contributed by atoms with Crippen LogP contribution in [0.3, 0.4) is 0 Å². The van der Waals surface area contributed by atoms with Gasteiger partial charge in [0.1, 0.15) is 5.75 Å². The molecular formula is C26H32N2O2. The van der Waals surface area contributed by atoms with Crippen LogP contribution in [0.2, 0.25) is 0 Å². The van der Waals surface area contributed by atoms with Gasteiger partial charge in [-0.2, -0.15) is 0 Å². The van der Waals surface area contributed by atoms with Crippen LogP contribution in [0.25, 0.3) is 0 Å². The fourth-order valence-corrected chi connectivity index (χ4v) is 7.76. The van der Waals surface area contributed by atoms with Crippen LogP contribution in [-0.4, -0.2) is 42.3 Å². The number of aliphatic hydroxyl groups excluding tert-OH is 1. The van der Waals surface area contributed by atoms with Crippen LogP contribution in [0, 0.1) is 5.41 Å². The highest BCUT2D eigenvalue weighted by atomic mass is 16.5. The van der Waals surface area contributed by atoms with Gasteiger partial charge < -0.3 is 15.2 Å². The first kappa shape index (κ1) is 18.7. The molecular weight excluding hydrogens is 372 g/mol. The molecule has 6 rings (SSSR count). The van der Waals surface area contributed by atoms with E-state index in [0.29, 0.717) is 12.1 Å². The highest BCUT2D eigenvalue weighted by Crippen LogP contribution is 2.65. The van der Waals surface area contributed by atoms with E-state index in [9.17, 15) is 5.11 Å². The lowest BCUT2D eigenvalue weighted by Gasteiger charge is -2.58. The molecule has 0 aromatic heterocycles. The lowest BCUT2D eigenvalue weighted by atomic mass is 9.51. The Balaban J connectivity index is 1.44. The van der Waals surface area contributed by atoms with Crippen molar-refractivity contribution in [2.45, 2.75) is 62.1 Å². The first-order valence-corrected chi connectivity index (χ1v) is 11.6. The van der Waals surface area contributed by atoms with Crippen molar-refractivity contribution >= 4 is 5.69 Å². The van der Waals surface area contributed by atoms with Crippen molar-refractivity contribution < 1.29 is 9.84 Å². The number of ether oxygens (including phenoxy) is 1. The minimum Gasteiger partial charge on any atom is -0.495 e. The molecule has 3 fully saturated rings. The number of fused-ring (bicyclic) bond motifs is 1. The minimum absolute atomic E-state index is 0.138. The quantitative estimate of drug-likeness (QED) is 0.788. The molecule has 0 bridgehead atoms. The predicted octanol–water partition coefficient (Wildman–Crippen LogP) is 4.50. The number of nitrogens with one attached hydrogen (secondary N) is 1. The van der Waals surface area contributed by atoms with Crippen molar-refractivity contribution in [2.75, 3.05) is 25.5 Å². The summed E-state index contributed by atoms with van der Waals surface area (Å²) in [5, 5.41) is 15.2. The van der Waals surface area contributed by atoms with Gasteiger partial charge in [-0.25, -0.2) is 0 Å². The van der Waals surface area contributed by atoms with Crippen LogP contribution in [0.15, 0.2) is 48.5 Å². The van der Waals surface area contributed by atoms with Gasteiger partial charge in [0.15, 0.2) is 0 Å². The van der Waals surface area contributed by atoms with Crippen molar-refractivity contribution in [3.05, 3.63) is 59.7 Å². The molecule has 0 radical (unpaired) electrons. The Morgan fingerprint density at radius 1 is 1.10 bits per heavy atom. The average molecular weight is 405 g/mol. The van der Waals surface area contributed by atoms with Gasteiger partial charge in [-0.3, -0.25) is 4.90 Å². The molecule has 4 nitrogen and oxygen atoms in total. The van der Waals surface area contributed by atoms with Gasteiger partial charge in [-0.15, -0.1) is 0 Å². The fourth-order valence-electron chi connectivity index (χ4n) is 7.76. The molecule has 1 spiro atoms. The van der Waals surface area contributed by atoms with E-state index < -0.39 is 0 Å². The van der Waals surface area contributed by atoms with E-state index in [-0.39, 0.29) is 16.9 Å². The topological polar surface area (TPSA) is 44.7 Å². The lowest BCUT2D eigenvalue weighted by Crippen LogP contribution is -2.63. The Labute approximate surface area is 179 Å². The molecule has 4 aliphatic rings. The lowest BCUT2D eigenvalue weighted by molar-refractivity contribution is -0.0580. The second-order valence-corrected chi connectivity index (χ2v) is 9.94. The SMILES string of the molecule is COc1cccc2c1N[C@@H]1CC[C@@]3(CC(O)c4ccccc4)CCCN4CC[C@@]21[C@H]43. The Bertz CT molecular complexity index is 947. The highest BCUT2D eigenvalue weighted by Gasteiger charge is 2.67. The first-order chi connectivity index (χ1) is 14.7. The molecule has 5 atom stereocenters. The van der Waals surface area contributed by atoms with Gasteiger partial charge in [-0.05, 0) is 74.2 Å². The largest absolute Gasteiger partial charge is 0.495 e. The number of methoxy groups -OCH3 is 1. The molecule has 2 N–H and O–H groups in total. The third-order valence-electron chi connectivity index (χ3n) is 8.77. The van der Waals surface area contributed by atoms with E-state index >= 15 is 0 Å². The zero-order chi connectivity index (χ0) is 20.3.